The van der Waals surface area contributed by atoms with Gasteiger partial charge in [0.1, 0.15) is 0 Å². The maximum atomic E-state index is 12.9. The number of hydrogen-bond acceptors (Lipinski definition) is 5. The van der Waals surface area contributed by atoms with Crippen LogP contribution >= 0.6 is 0 Å². The van der Waals surface area contributed by atoms with Crippen LogP contribution < -0.4 is 5.32 Å². The van der Waals surface area contributed by atoms with Crippen LogP contribution in [0.5, 0.6) is 0 Å². The number of carbonyl (C=O) groups is 2. The number of amides is 2. The Morgan fingerprint density at radius 1 is 1.00 bits per heavy atom. The van der Waals surface area contributed by atoms with E-state index in [1.807, 2.05) is 47.4 Å². The van der Waals surface area contributed by atoms with E-state index in [-0.39, 0.29) is 17.9 Å². The van der Waals surface area contributed by atoms with E-state index in [1.165, 1.54) is 6.92 Å². The highest BCUT2D eigenvalue weighted by molar-refractivity contribution is 5.77. The van der Waals surface area contributed by atoms with Crippen LogP contribution in [0, 0.1) is 0 Å². The molecular formula is C26H30N4O3. The molecule has 33 heavy (non-hydrogen) atoms. The summed E-state index contributed by atoms with van der Waals surface area (Å²) in [6.45, 7) is 2.88. The molecule has 3 aromatic rings. The number of benzene rings is 2. The Kier molecular flexibility index (Phi) is 7.50. The normalized spacial score (nSPS) is 15.9. The molecule has 1 atom stereocenters. The van der Waals surface area contributed by atoms with E-state index >= 15 is 0 Å². The van der Waals surface area contributed by atoms with Gasteiger partial charge >= 0.3 is 0 Å². The molecule has 0 spiro atoms. The van der Waals surface area contributed by atoms with Gasteiger partial charge in [0.25, 0.3) is 0 Å². The molecule has 0 radical (unpaired) electrons. The van der Waals surface area contributed by atoms with Crippen LogP contribution in [0.25, 0.3) is 22.6 Å². The Morgan fingerprint density at radius 2 is 1.73 bits per heavy atom. The molecule has 1 aliphatic heterocycles. The minimum Gasteiger partial charge on any atom is -0.421 e. The van der Waals surface area contributed by atoms with Gasteiger partial charge in [-0.2, -0.15) is 0 Å². The van der Waals surface area contributed by atoms with Crippen molar-refractivity contribution in [3.63, 3.8) is 0 Å². The van der Waals surface area contributed by atoms with Crippen LogP contribution in [-0.2, 0) is 16.0 Å². The smallest absolute Gasteiger partial charge is 0.247 e. The van der Waals surface area contributed by atoms with Gasteiger partial charge in [0.2, 0.25) is 23.6 Å². The molecule has 4 rings (SSSR count). The molecule has 1 fully saturated rings. The molecule has 1 aliphatic rings. The molecule has 172 valence electrons. The maximum Gasteiger partial charge on any atom is 0.247 e. The number of aryl methyl sites for hydroxylation is 1. The first kappa shape index (κ1) is 22.7. The lowest BCUT2D eigenvalue weighted by Gasteiger charge is -2.36. The zero-order valence-electron chi connectivity index (χ0n) is 19.0. The number of rotatable bonds is 8. The van der Waals surface area contributed by atoms with Crippen LogP contribution in [0.1, 0.15) is 44.9 Å². The highest BCUT2D eigenvalue weighted by Gasteiger charge is 2.26. The lowest BCUT2D eigenvalue weighted by molar-refractivity contribution is -0.135. The average Bonchev–Trinajstić information content (AvgIpc) is 3.32. The molecule has 7 nitrogen and oxygen atoms in total. The Hall–Kier alpha value is -3.48. The molecular weight excluding hydrogens is 416 g/mol. The van der Waals surface area contributed by atoms with Gasteiger partial charge in [-0.3, -0.25) is 9.59 Å². The summed E-state index contributed by atoms with van der Waals surface area (Å²) in [5.41, 5.74) is 3.13. The summed E-state index contributed by atoms with van der Waals surface area (Å²) in [5.74, 6) is 1.00. The number of likely N-dealkylation sites (tertiary alicyclic amines) is 1. The van der Waals surface area contributed by atoms with Gasteiger partial charge < -0.3 is 14.6 Å². The molecule has 2 amide bonds. The predicted molar refractivity (Wildman–Crippen MR) is 126 cm³/mol. The molecule has 2 heterocycles. The monoisotopic (exact) mass is 446 g/mol. The van der Waals surface area contributed by atoms with Gasteiger partial charge in [0.05, 0.1) is 0 Å². The summed E-state index contributed by atoms with van der Waals surface area (Å²) in [4.78, 5) is 26.0. The van der Waals surface area contributed by atoms with E-state index in [9.17, 15) is 9.59 Å². The largest absolute Gasteiger partial charge is 0.421 e. The Morgan fingerprint density at radius 3 is 2.48 bits per heavy atom. The molecule has 1 N–H and O–H groups in total. The van der Waals surface area contributed by atoms with Gasteiger partial charge in [-0.15, -0.1) is 10.2 Å². The third kappa shape index (κ3) is 6.06. The summed E-state index contributed by atoms with van der Waals surface area (Å²) in [6.07, 6.45) is 4.66. The third-order valence-corrected chi connectivity index (χ3v) is 6.06. The van der Waals surface area contributed by atoms with Crippen molar-refractivity contribution in [2.24, 2.45) is 0 Å². The molecule has 0 bridgehead atoms. The highest BCUT2D eigenvalue weighted by atomic mass is 16.4. The van der Waals surface area contributed by atoms with Crippen molar-refractivity contribution in [3.8, 4) is 22.6 Å². The van der Waals surface area contributed by atoms with E-state index < -0.39 is 0 Å². The fourth-order valence-corrected chi connectivity index (χ4v) is 4.31. The van der Waals surface area contributed by atoms with Crippen LogP contribution in [0.2, 0.25) is 0 Å². The van der Waals surface area contributed by atoms with Crippen LogP contribution in [0.4, 0.5) is 0 Å². The molecule has 1 aromatic heterocycles. The van der Waals surface area contributed by atoms with E-state index in [2.05, 4.69) is 27.6 Å². The van der Waals surface area contributed by atoms with Gasteiger partial charge in [-0.1, -0.05) is 42.5 Å². The Balaban J connectivity index is 1.32. The fourth-order valence-electron chi connectivity index (χ4n) is 4.31. The molecule has 7 heteroatoms. The number of carbonyl (C=O) groups excluding carboxylic acids is 2. The van der Waals surface area contributed by atoms with Crippen LogP contribution in [-0.4, -0.2) is 46.0 Å². The number of nitrogens with one attached hydrogen (secondary N) is 1. The van der Waals surface area contributed by atoms with Crippen molar-refractivity contribution in [1.82, 2.24) is 20.4 Å². The zero-order chi connectivity index (χ0) is 23.0. The van der Waals surface area contributed by atoms with Crippen molar-refractivity contribution in [3.05, 3.63) is 60.5 Å². The van der Waals surface area contributed by atoms with Gasteiger partial charge in [0.15, 0.2) is 0 Å². The van der Waals surface area contributed by atoms with Crippen molar-refractivity contribution in [2.45, 2.75) is 51.5 Å². The second-order valence-corrected chi connectivity index (χ2v) is 8.45. The maximum absolute atomic E-state index is 12.9. The molecule has 0 saturated carbocycles. The Bertz CT molecular complexity index is 1060. The van der Waals surface area contributed by atoms with Crippen molar-refractivity contribution < 1.29 is 14.0 Å². The summed E-state index contributed by atoms with van der Waals surface area (Å²) in [5, 5.41) is 11.1. The lowest BCUT2D eigenvalue weighted by atomic mass is 9.98. The number of hydrogen-bond donors (Lipinski definition) is 1. The Labute approximate surface area is 194 Å². The number of nitrogens with zero attached hydrogens (tertiary/aromatic N) is 3. The summed E-state index contributed by atoms with van der Waals surface area (Å²) in [6, 6.07) is 18.4. The van der Waals surface area contributed by atoms with E-state index in [0.717, 1.165) is 48.9 Å². The SMILES string of the molecule is CC(=O)NCC[C@H]1CCCCN1C(=O)CCc1nnc(-c2ccc(-c3ccccc3)cc2)o1. The van der Waals surface area contributed by atoms with Crippen LogP contribution in [0.15, 0.2) is 59.0 Å². The van der Waals surface area contributed by atoms with Gasteiger partial charge in [0, 0.05) is 44.5 Å². The molecule has 0 unspecified atom stereocenters. The molecule has 2 aromatic carbocycles. The molecule has 1 saturated heterocycles. The summed E-state index contributed by atoms with van der Waals surface area (Å²) in [7, 11) is 0. The topological polar surface area (TPSA) is 88.3 Å². The quantitative estimate of drug-likeness (QED) is 0.559. The van der Waals surface area contributed by atoms with E-state index in [0.29, 0.717) is 31.2 Å². The lowest BCUT2D eigenvalue weighted by Crippen LogP contribution is -2.45. The fraction of sp³-hybridized carbons (Fsp3) is 0.385. The summed E-state index contributed by atoms with van der Waals surface area (Å²) < 4.78 is 5.83. The standard InChI is InChI=1S/C26H30N4O3/c1-19(31)27-17-16-23-9-5-6-18-30(23)25(32)15-14-24-28-29-26(33-24)22-12-10-21(11-13-22)20-7-3-2-4-8-20/h2-4,7-8,10-13,23H,5-6,9,14-18H2,1H3,(H,27,31)/t23-/m1/s1. The second kappa shape index (κ2) is 10.9. The first-order valence-corrected chi connectivity index (χ1v) is 11.6. The van der Waals surface area contributed by atoms with E-state index in [4.69, 9.17) is 4.42 Å². The van der Waals surface area contributed by atoms with E-state index in [1.54, 1.807) is 0 Å². The van der Waals surface area contributed by atoms with Crippen LogP contribution in [0.3, 0.4) is 0 Å². The average molecular weight is 447 g/mol. The predicted octanol–water partition coefficient (Wildman–Crippen LogP) is 4.24. The van der Waals surface area contributed by atoms with Crippen molar-refractivity contribution in [2.75, 3.05) is 13.1 Å². The van der Waals surface area contributed by atoms with Crippen molar-refractivity contribution in [1.29, 1.82) is 0 Å². The zero-order valence-corrected chi connectivity index (χ0v) is 19.0. The first-order valence-electron chi connectivity index (χ1n) is 11.6. The molecule has 0 aliphatic carbocycles. The minimum absolute atomic E-state index is 0.0365. The highest BCUT2D eigenvalue weighted by Crippen LogP contribution is 2.25. The summed E-state index contributed by atoms with van der Waals surface area (Å²) >= 11 is 0. The number of piperidine rings is 1. The minimum atomic E-state index is -0.0365. The number of aromatic nitrogens is 2. The third-order valence-electron chi connectivity index (χ3n) is 6.06. The van der Waals surface area contributed by atoms with Crippen molar-refractivity contribution >= 4 is 11.8 Å². The van der Waals surface area contributed by atoms with Gasteiger partial charge in [-0.05, 0) is 48.9 Å². The first-order chi connectivity index (χ1) is 16.1. The second-order valence-electron chi connectivity index (χ2n) is 8.45. The van der Waals surface area contributed by atoms with Gasteiger partial charge in [-0.25, -0.2) is 0 Å².